The highest BCUT2D eigenvalue weighted by Gasteiger charge is 2.40. The summed E-state index contributed by atoms with van der Waals surface area (Å²) in [5.41, 5.74) is 9.67. The number of hydrogen-bond acceptors (Lipinski definition) is 3. The number of nitrogens with zero attached hydrogens (tertiary/aromatic N) is 2. The lowest BCUT2D eigenvalue weighted by Gasteiger charge is -2.38. The van der Waals surface area contributed by atoms with Gasteiger partial charge in [-0.05, 0) is 89.3 Å². The second kappa shape index (κ2) is 12.1. The highest BCUT2D eigenvalue weighted by molar-refractivity contribution is 6.19. The first-order valence-electron chi connectivity index (χ1n) is 19.0. The van der Waals surface area contributed by atoms with Crippen molar-refractivity contribution in [3.05, 3.63) is 167 Å². The van der Waals surface area contributed by atoms with Crippen LogP contribution in [0.5, 0.6) is 5.75 Å². The number of aromatic nitrogens is 1. The Hall–Kier alpha value is -6.31. The van der Waals surface area contributed by atoms with Crippen LogP contribution in [0.1, 0.15) is 27.8 Å². The Bertz CT molecular complexity index is 2870. The van der Waals surface area contributed by atoms with Crippen molar-refractivity contribution in [2.24, 2.45) is 0 Å². The van der Waals surface area contributed by atoms with Gasteiger partial charge in [0.15, 0.2) is 5.60 Å². The first-order valence-corrected chi connectivity index (χ1v) is 19.0. The third-order valence-corrected chi connectivity index (χ3v) is 12.0. The molecule has 1 aliphatic carbocycles. The summed E-state index contributed by atoms with van der Waals surface area (Å²) in [6.45, 7) is 5.06. The topological polar surface area (TPSA) is 26.6 Å². The van der Waals surface area contributed by atoms with Gasteiger partial charge in [0.25, 0.3) is 0 Å². The Labute approximate surface area is 321 Å². The third kappa shape index (κ3) is 4.77. The average Bonchev–Trinajstić information content (AvgIpc) is 3.76. The van der Waals surface area contributed by atoms with Crippen molar-refractivity contribution in [1.29, 1.82) is 0 Å². The summed E-state index contributed by atoms with van der Waals surface area (Å²) in [5.74, 6) is 0.721. The first kappa shape index (κ1) is 33.1. The van der Waals surface area contributed by atoms with E-state index in [1.807, 2.05) is 25.1 Å². The van der Waals surface area contributed by atoms with Gasteiger partial charge in [0.2, 0.25) is 0 Å². The minimum absolute atomic E-state index is 0.607. The van der Waals surface area contributed by atoms with E-state index in [4.69, 9.17) is 9.47 Å². The van der Waals surface area contributed by atoms with Gasteiger partial charge >= 0.3 is 6.18 Å². The molecule has 0 spiro atoms. The molecule has 7 heteroatoms. The summed E-state index contributed by atoms with van der Waals surface area (Å²) in [7, 11) is 0. The molecule has 2 aliphatic heterocycles. The fourth-order valence-corrected chi connectivity index (χ4v) is 9.36. The predicted octanol–water partition coefficient (Wildman–Crippen LogP) is 12.1. The highest BCUT2D eigenvalue weighted by Crippen LogP contribution is 2.56. The molecule has 1 saturated heterocycles. The lowest BCUT2D eigenvalue weighted by atomic mass is 9.81. The van der Waals surface area contributed by atoms with Gasteiger partial charge in [-0.1, -0.05) is 91.0 Å². The van der Waals surface area contributed by atoms with Gasteiger partial charge in [0.05, 0.1) is 29.8 Å². The molecule has 3 aliphatic rings. The highest BCUT2D eigenvalue weighted by atomic mass is 19.4. The molecule has 7 aromatic carbocycles. The molecule has 3 heterocycles. The molecule has 0 radical (unpaired) electrons. The van der Waals surface area contributed by atoms with Crippen molar-refractivity contribution in [1.82, 2.24) is 4.57 Å². The van der Waals surface area contributed by atoms with Crippen molar-refractivity contribution in [3.8, 4) is 33.7 Å². The number of hydrogen-bond donors (Lipinski definition) is 0. The number of fused-ring (bicyclic) bond motifs is 8. The minimum Gasteiger partial charge on any atom is -0.472 e. The maximum atomic E-state index is 14.0. The Morgan fingerprint density at radius 2 is 1.25 bits per heavy atom. The molecular formula is C49H35F3N2O2. The quantitative estimate of drug-likeness (QED) is 0.180. The number of alkyl halides is 3. The van der Waals surface area contributed by atoms with E-state index in [1.54, 1.807) is 6.07 Å². The standard InChI is InChI=1S/C49H35F3N2O2/c1-30-36-23-24-48(31-13-18-34(19-14-31)53-25-27-55-28-26-53,32-15-20-35(21-16-32)54-43-11-4-2-7-38(43)39-8-3-5-12-44(39)54)56-47(36)41-10-6-9-40-37-22-17-33(49(50,51)52)29-42(37)45(30)46(40)41/h2-24,29H,25-28H2,1H3. The molecule has 0 N–H and O–H groups in total. The SMILES string of the molecule is Cc1c2c(c3cccc4c3c1-c1cc(C(F)(F)F)ccc1-4)OC(c1ccc(N3CCOCC3)cc1)(c1ccc(-n3c4ccccc4c4ccccc43)cc1)C=C2. The van der Waals surface area contributed by atoms with Gasteiger partial charge in [-0.3, -0.25) is 0 Å². The van der Waals surface area contributed by atoms with E-state index >= 15 is 0 Å². The second-order valence-corrected chi connectivity index (χ2v) is 15.0. The number of halogens is 3. The summed E-state index contributed by atoms with van der Waals surface area (Å²) in [4.78, 5) is 2.34. The van der Waals surface area contributed by atoms with E-state index in [1.165, 1.54) is 22.9 Å². The van der Waals surface area contributed by atoms with Crippen molar-refractivity contribution in [3.63, 3.8) is 0 Å². The Morgan fingerprint density at radius 1 is 0.625 bits per heavy atom. The van der Waals surface area contributed by atoms with E-state index in [0.717, 1.165) is 91.0 Å². The third-order valence-electron chi connectivity index (χ3n) is 12.0. The maximum Gasteiger partial charge on any atom is 0.416 e. The Kier molecular flexibility index (Phi) is 7.14. The van der Waals surface area contributed by atoms with Crippen LogP contribution in [0.2, 0.25) is 0 Å². The zero-order valence-corrected chi connectivity index (χ0v) is 30.5. The van der Waals surface area contributed by atoms with Crippen LogP contribution >= 0.6 is 0 Å². The lowest BCUT2D eigenvalue weighted by molar-refractivity contribution is -0.137. The fraction of sp³-hybridized carbons (Fsp3) is 0.143. The summed E-state index contributed by atoms with van der Waals surface area (Å²) in [5, 5.41) is 4.21. The monoisotopic (exact) mass is 740 g/mol. The van der Waals surface area contributed by atoms with Gasteiger partial charge in [0.1, 0.15) is 5.75 Å². The van der Waals surface area contributed by atoms with Gasteiger partial charge < -0.3 is 18.9 Å². The fourth-order valence-electron chi connectivity index (χ4n) is 9.36. The molecule has 0 saturated carbocycles. The lowest BCUT2D eigenvalue weighted by Crippen LogP contribution is -2.37. The van der Waals surface area contributed by atoms with Gasteiger partial charge in [0, 0.05) is 62.7 Å². The van der Waals surface area contributed by atoms with Crippen LogP contribution in [0, 0.1) is 6.92 Å². The van der Waals surface area contributed by atoms with Crippen LogP contribution in [0.15, 0.2) is 140 Å². The smallest absolute Gasteiger partial charge is 0.416 e. The van der Waals surface area contributed by atoms with E-state index in [2.05, 4.69) is 119 Å². The van der Waals surface area contributed by atoms with Crippen LogP contribution in [0.4, 0.5) is 18.9 Å². The number of benzene rings is 7. The molecule has 1 unspecified atom stereocenters. The van der Waals surface area contributed by atoms with Crippen molar-refractivity contribution in [2.45, 2.75) is 18.7 Å². The summed E-state index contributed by atoms with van der Waals surface area (Å²) in [6.07, 6.45) is -0.215. The van der Waals surface area contributed by atoms with Crippen LogP contribution in [-0.2, 0) is 16.5 Å². The van der Waals surface area contributed by atoms with Crippen molar-refractivity contribution in [2.75, 3.05) is 31.2 Å². The molecule has 4 nitrogen and oxygen atoms in total. The van der Waals surface area contributed by atoms with Crippen LogP contribution < -0.4 is 9.64 Å². The van der Waals surface area contributed by atoms with Crippen LogP contribution in [0.3, 0.4) is 0 Å². The van der Waals surface area contributed by atoms with E-state index in [9.17, 15) is 13.2 Å². The Balaban J connectivity index is 1.09. The van der Waals surface area contributed by atoms with Gasteiger partial charge in [-0.2, -0.15) is 13.2 Å². The van der Waals surface area contributed by atoms with Crippen molar-refractivity contribution < 1.29 is 22.6 Å². The molecule has 11 rings (SSSR count). The largest absolute Gasteiger partial charge is 0.472 e. The van der Waals surface area contributed by atoms with E-state index < -0.39 is 17.3 Å². The van der Waals surface area contributed by atoms with E-state index in [0.29, 0.717) is 18.8 Å². The predicted molar refractivity (Wildman–Crippen MR) is 219 cm³/mol. The number of ether oxygens (including phenoxy) is 2. The van der Waals surface area contributed by atoms with Crippen LogP contribution in [0.25, 0.3) is 66.6 Å². The molecule has 0 bridgehead atoms. The molecule has 274 valence electrons. The summed E-state index contributed by atoms with van der Waals surface area (Å²) >= 11 is 0. The molecule has 8 aromatic rings. The zero-order valence-electron chi connectivity index (χ0n) is 30.5. The minimum atomic E-state index is -4.44. The van der Waals surface area contributed by atoms with E-state index in [-0.39, 0.29) is 0 Å². The molecule has 1 atom stereocenters. The molecule has 56 heavy (non-hydrogen) atoms. The summed E-state index contributed by atoms with van der Waals surface area (Å²) < 4.78 is 57.3. The zero-order chi connectivity index (χ0) is 37.8. The van der Waals surface area contributed by atoms with Crippen molar-refractivity contribution >= 4 is 44.3 Å². The maximum absolute atomic E-state index is 14.0. The second-order valence-electron chi connectivity index (χ2n) is 15.0. The molecular weight excluding hydrogens is 706 g/mol. The first-order chi connectivity index (χ1) is 27.3. The van der Waals surface area contributed by atoms with Gasteiger partial charge in [-0.25, -0.2) is 0 Å². The normalized spacial score (nSPS) is 17.4. The number of para-hydroxylation sites is 2. The van der Waals surface area contributed by atoms with Crippen LogP contribution in [-0.4, -0.2) is 30.9 Å². The number of anilines is 1. The number of morpholine rings is 1. The summed E-state index contributed by atoms with van der Waals surface area (Å²) in [6, 6.07) is 44.4. The average molecular weight is 741 g/mol. The Morgan fingerprint density at radius 3 is 1.91 bits per heavy atom. The molecule has 1 aromatic heterocycles. The van der Waals surface area contributed by atoms with Gasteiger partial charge in [-0.15, -0.1) is 0 Å². The molecule has 1 fully saturated rings. The molecule has 0 amide bonds. The number of rotatable bonds is 4.